The van der Waals surface area contributed by atoms with Gasteiger partial charge in [-0.3, -0.25) is 9.59 Å². The summed E-state index contributed by atoms with van der Waals surface area (Å²) in [5, 5.41) is 8.14. The number of sulfone groups is 1. The Morgan fingerprint density at radius 1 is 1.31 bits per heavy atom. The Labute approximate surface area is 186 Å². The van der Waals surface area contributed by atoms with Gasteiger partial charge >= 0.3 is 5.97 Å². The summed E-state index contributed by atoms with van der Waals surface area (Å²) in [7, 11) is -3.08. The standard InChI is InChI=1S/C22H26N4O5S/c1-15-11-20(26(25-15)17-9-10-32(29,30)14-17)24-21(27)13-31-22(28)8-4-5-16-12-23-19-7-3-2-6-18(16)19/h2-3,6-7,11-12,17,23H,4-5,8-10,13-14H2,1H3,(H,24,27). The number of para-hydroxylation sites is 1. The number of carbonyl (C=O) groups excluding carboxylic acids is 2. The fourth-order valence-electron chi connectivity index (χ4n) is 4.02. The second-order valence-corrected chi connectivity index (χ2v) is 10.3. The number of anilines is 1. The van der Waals surface area contributed by atoms with Gasteiger partial charge in [0.05, 0.1) is 23.2 Å². The molecule has 1 aliphatic heterocycles. The van der Waals surface area contributed by atoms with Gasteiger partial charge in [-0.2, -0.15) is 5.10 Å². The quantitative estimate of drug-likeness (QED) is 0.500. The Bertz CT molecular complexity index is 1240. The topological polar surface area (TPSA) is 123 Å². The van der Waals surface area contributed by atoms with Crippen LogP contribution in [0, 0.1) is 6.92 Å². The molecule has 0 spiro atoms. The van der Waals surface area contributed by atoms with E-state index >= 15 is 0 Å². The third-order valence-electron chi connectivity index (χ3n) is 5.55. The molecule has 0 saturated carbocycles. The molecule has 3 heterocycles. The van der Waals surface area contributed by atoms with Crippen molar-refractivity contribution in [2.45, 2.75) is 38.6 Å². The first-order valence-electron chi connectivity index (χ1n) is 10.6. The van der Waals surface area contributed by atoms with Gasteiger partial charge in [-0.1, -0.05) is 18.2 Å². The molecule has 0 bridgehead atoms. The normalized spacial score (nSPS) is 17.5. The van der Waals surface area contributed by atoms with Crippen molar-refractivity contribution in [1.29, 1.82) is 0 Å². The molecule has 1 saturated heterocycles. The van der Waals surface area contributed by atoms with Gasteiger partial charge < -0.3 is 15.0 Å². The second-order valence-electron chi connectivity index (χ2n) is 8.09. The van der Waals surface area contributed by atoms with Crippen molar-refractivity contribution >= 4 is 38.4 Å². The Hall–Kier alpha value is -3.14. The van der Waals surface area contributed by atoms with Gasteiger partial charge in [-0.05, 0) is 37.8 Å². The Morgan fingerprint density at radius 2 is 2.12 bits per heavy atom. The van der Waals surface area contributed by atoms with Crippen LogP contribution in [0.15, 0.2) is 36.5 Å². The van der Waals surface area contributed by atoms with E-state index in [0.717, 1.165) is 22.9 Å². The summed E-state index contributed by atoms with van der Waals surface area (Å²) in [6.07, 6.45) is 3.96. The first kappa shape index (κ1) is 22.1. The number of nitrogens with zero attached hydrogens (tertiary/aromatic N) is 2. The van der Waals surface area contributed by atoms with Crippen LogP contribution in [0.4, 0.5) is 5.82 Å². The largest absolute Gasteiger partial charge is 0.456 e. The number of carbonyl (C=O) groups is 2. The maximum absolute atomic E-state index is 12.3. The summed E-state index contributed by atoms with van der Waals surface area (Å²) in [4.78, 5) is 27.5. The molecule has 2 aromatic heterocycles. The van der Waals surface area contributed by atoms with Gasteiger partial charge in [0.25, 0.3) is 5.91 Å². The number of H-pyrrole nitrogens is 1. The number of aromatic nitrogens is 3. The van der Waals surface area contributed by atoms with E-state index < -0.39 is 28.3 Å². The Morgan fingerprint density at radius 3 is 2.91 bits per heavy atom. The molecule has 3 aromatic rings. The first-order valence-corrected chi connectivity index (χ1v) is 12.4. The molecule has 1 aromatic carbocycles. The molecular formula is C22H26N4O5S. The maximum atomic E-state index is 12.3. The second kappa shape index (κ2) is 9.15. The van der Waals surface area contributed by atoms with E-state index in [4.69, 9.17) is 4.74 Å². The van der Waals surface area contributed by atoms with Crippen molar-refractivity contribution in [3.05, 3.63) is 47.8 Å². The molecule has 0 radical (unpaired) electrons. The van der Waals surface area contributed by atoms with Crippen molar-refractivity contribution in [2.24, 2.45) is 0 Å². The zero-order valence-electron chi connectivity index (χ0n) is 17.8. The molecule has 32 heavy (non-hydrogen) atoms. The number of ether oxygens (including phenoxy) is 1. The van der Waals surface area contributed by atoms with Crippen LogP contribution in [0.1, 0.15) is 36.6 Å². The van der Waals surface area contributed by atoms with Crippen LogP contribution in [-0.4, -0.2) is 53.2 Å². The van der Waals surface area contributed by atoms with Gasteiger partial charge in [-0.15, -0.1) is 0 Å². The van der Waals surface area contributed by atoms with E-state index in [-0.39, 0.29) is 24.0 Å². The SMILES string of the molecule is Cc1cc(NC(=O)COC(=O)CCCc2c[nH]c3ccccc23)n(C2CCS(=O)(=O)C2)n1. The molecule has 0 aliphatic carbocycles. The van der Waals surface area contributed by atoms with E-state index in [1.165, 1.54) is 0 Å². The van der Waals surface area contributed by atoms with Gasteiger partial charge in [0.2, 0.25) is 0 Å². The van der Waals surface area contributed by atoms with Gasteiger partial charge in [0.1, 0.15) is 5.82 Å². The minimum atomic E-state index is -3.08. The number of amides is 1. The summed E-state index contributed by atoms with van der Waals surface area (Å²) in [5.74, 6) is -0.406. The van der Waals surface area contributed by atoms with Crippen molar-refractivity contribution in [3.63, 3.8) is 0 Å². The van der Waals surface area contributed by atoms with Crippen LogP contribution in [0.3, 0.4) is 0 Å². The minimum Gasteiger partial charge on any atom is -0.456 e. The predicted octanol–water partition coefficient (Wildman–Crippen LogP) is 2.54. The van der Waals surface area contributed by atoms with E-state index in [1.54, 1.807) is 17.7 Å². The van der Waals surface area contributed by atoms with Crippen molar-refractivity contribution in [2.75, 3.05) is 23.4 Å². The number of fused-ring (bicyclic) bond motifs is 1. The summed E-state index contributed by atoms with van der Waals surface area (Å²) in [5.41, 5.74) is 2.87. The highest BCUT2D eigenvalue weighted by Gasteiger charge is 2.31. The number of hydrogen-bond acceptors (Lipinski definition) is 6. The van der Waals surface area contributed by atoms with Gasteiger partial charge in [-0.25, -0.2) is 13.1 Å². The lowest BCUT2D eigenvalue weighted by Gasteiger charge is -2.13. The molecule has 4 rings (SSSR count). The zero-order valence-corrected chi connectivity index (χ0v) is 18.7. The lowest BCUT2D eigenvalue weighted by atomic mass is 10.1. The van der Waals surface area contributed by atoms with Crippen molar-refractivity contribution < 1.29 is 22.7 Å². The molecule has 170 valence electrons. The lowest BCUT2D eigenvalue weighted by molar-refractivity contribution is -0.147. The van der Waals surface area contributed by atoms with E-state index in [1.807, 2.05) is 30.5 Å². The number of rotatable bonds is 8. The average Bonchev–Trinajstić information content (AvgIpc) is 3.43. The van der Waals surface area contributed by atoms with E-state index in [2.05, 4.69) is 15.4 Å². The third-order valence-corrected chi connectivity index (χ3v) is 7.30. The number of esters is 1. The molecule has 1 fully saturated rings. The average molecular weight is 459 g/mol. The Kier molecular flexibility index (Phi) is 6.31. The number of aryl methyl sites for hydroxylation is 2. The lowest BCUT2D eigenvalue weighted by Crippen LogP contribution is -2.24. The van der Waals surface area contributed by atoms with Crippen LogP contribution in [0.2, 0.25) is 0 Å². The molecule has 1 aliphatic rings. The molecular weight excluding hydrogens is 432 g/mol. The smallest absolute Gasteiger partial charge is 0.306 e. The molecule has 1 amide bonds. The van der Waals surface area contributed by atoms with Crippen LogP contribution in [0.5, 0.6) is 0 Å². The minimum absolute atomic E-state index is 0.00239. The van der Waals surface area contributed by atoms with Crippen LogP contribution in [0.25, 0.3) is 10.9 Å². The predicted molar refractivity (Wildman–Crippen MR) is 120 cm³/mol. The third kappa shape index (κ3) is 5.18. The van der Waals surface area contributed by atoms with Crippen LogP contribution < -0.4 is 5.32 Å². The highest BCUT2D eigenvalue weighted by atomic mass is 32.2. The number of hydrogen-bond donors (Lipinski definition) is 2. The van der Waals surface area contributed by atoms with Crippen LogP contribution in [-0.2, 0) is 30.6 Å². The van der Waals surface area contributed by atoms with Crippen molar-refractivity contribution in [1.82, 2.24) is 14.8 Å². The first-order chi connectivity index (χ1) is 15.3. The zero-order chi connectivity index (χ0) is 22.7. The Balaban J connectivity index is 1.24. The highest BCUT2D eigenvalue weighted by molar-refractivity contribution is 7.91. The van der Waals surface area contributed by atoms with Gasteiger partial charge in [0, 0.05) is 29.6 Å². The fourth-order valence-corrected chi connectivity index (χ4v) is 5.71. The van der Waals surface area contributed by atoms with Crippen LogP contribution >= 0.6 is 0 Å². The fraction of sp³-hybridized carbons (Fsp3) is 0.409. The number of benzene rings is 1. The number of nitrogens with one attached hydrogen (secondary N) is 2. The molecule has 1 unspecified atom stereocenters. The number of aromatic amines is 1. The highest BCUT2D eigenvalue weighted by Crippen LogP contribution is 2.27. The van der Waals surface area contributed by atoms with Gasteiger partial charge in [0.15, 0.2) is 16.4 Å². The van der Waals surface area contributed by atoms with E-state index in [9.17, 15) is 18.0 Å². The summed E-state index contributed by atoms with van der Waals surface area (Å²) in [6, 6.07) is 9.35. The molecule has 1 atom stereocenters. The molecule has 9 nitrogen and oxygen atoms in total. The summed E-state index contributed by atoms with van der Waals surface area (Å²) < 4.78 is 30.2. The molecule has 2 N–H and O–H groups in total. The summed E-state index contributed by atoms with van der Waals surface area (Å²) >= 11 is 0. The maximum Gasteiger partial charge on any atom is 0.306 e. The summed E-state index contributed by atoms with van der Waals surface area (Å²) in [6.45, 7) is 1.36. The van der Waals surface area contributed by atoms with E-state index in [0.29, 0.717) is 24.4 Å². The molecule has 10 heteroatoms. The monoisotopic (exact) mass is 458 g/mol. The van der Waals surface area contributed by atoms with Crippen molar-refractivity contribution in [3.8, 4) is 0 Å².